The lowest BCUT2D eigenvalue weighted by molar-refractivity contribution is 0.483. The minimum Gasteiger partial charge on any atom is -0.370 e. The second-order valence-corrected chi connectivity index (χ2v) is 5.37. The number of guanidine groups is 1. The van der Waals surface area contributed by atoms with Gasteiger partial charge in [-0.1, -0.05) is 36.4 Å². The van der Waals surface area contributed by atoms with Gasteiger partial charge in [-0.2, -0.15) is 0 Å². The molecular weight excluding hydrogens is 265 g/mol. The SMILES string of the molecule is Cc1ccccc1C1CC(c2cccc(F)c2)N=C(N)N1. The molecule has 4 heteroatoms. The van der Waals surface area contributed by atoms with Crippen molar-refractivity contribution in [1.82, 2.24) is 5.32 Å². The lowest BCUT2D eigenvalue weighted by Gasteiger charge is -2.29. The van der Waals surface area contributed by atoms with Crippen LogP contribution in [0.25, 0.3) is 0 Å². The van der Waals surface area contributed by atoms with E-state index in [4.69, 9.17) is 5.73 Å². The average molecular weight is 283 g/mol. The van der Waals surface area contributed by atoms with Crippen molar-refractivity contribution in [3.8, 4) is 0 Å². The summed E-state index contributed by atoms with van der Waals surface area (Å²) in [4.78, 5) is 4.42. The molecule has 3 nitrogen and oxygen atoms in total. The molecule has 21 heavy (non-hydrogen) atoms. The first kappa shape index (κ1) is 13.6. The van der Waals surface area contributed by atoms with Crippen LogP contribution in [0.3, 0.4) is 0 Å². The maximum atomic E-state index is 13.4. The predicted molar refractivity (Wildman–Crippen MR) is 82.4 cm³/mol. The van der Waals surface area contributed by atoms with Crippen LogP contribution in [0.2, 0.25) is 0 Å². The van der Waals surface area contributed by atoms with Crippen LogP contribution in [0.15, 0.2) is 53.5 Å². The standard InChI is InChI=1S/C17H18FN3/c1-11-5-2-3-8-14(11)16-10-15(20-17(19)21-16)12-6-4-7-13(18)9-12/h2-9,15-16H,10H2,1H3,(H3,19,20,21). The van der Waals surface area contributed by atoms with Crippen LogP contribution in [0.1, 0.15) is 35.2 Å². The molecule has 2 atom stereocenters. The van der Waals surface area contributed by atoms with Crippen LogP contribution in [0.4, 0.5) is 4.39 Å². The molecule has 1 aliphatic rings. The highest BCUT2D eigenvalue weighted by Gasteiger charge is 2.25. The molecule has 0 amide bonds. The topological polar surface area (TPSA) is 50.4 Å². The smallest absolute Gasteiger partial charge is 0.189 e. The fourth-order valence-corrected chi connectivity index (χ4v) is 2.83. The third-order valence-corrected chi connectivity index (χ3v) is 3.87. The van der Waals surface area contributed by atoms with E-state index in [-0.39, 0.29) is 17.9 Å². The van der Waals surface area contributed by atoms with E-state index in [2.05, 4.69) is 29.4 Å². The lowest BCUT2D eigenvalue weighted by atomic mass is 9.91. The maximum absolute atomic E-state index is 13.4. The molecule has 0 aromatic heterocycles. The van der Waals surface area contributed by atoms with E-state index in [0.29, 0.717) is 5.96 Å². The monoisotopic (exact) mass is 283 g/mol. The largest absolute Gasteiger partial charge is 0.370 e. The molecule has 2 aromatic rings. The van der Waals surface area contributed by atoms with Gasteiger partial charge in [0.25, 0.3) is 0 Å². The van der Waals surface area contributed by atoms with Gasteiger partial charge in [-0.05, 0) is 42.2 Å². The molecule has 0 fully saturated rings. The summed E-state index contributed by atoms with van der Waals surface area (Å²) in [6.07, 6.45) is 0.759. The molecule has 2 aromatic carbocycles. The van der Waals surface area contributed by atoms with Crippen molar-refractivity contribution in [3.05, 3.63) is 71.0 Å². The summed E-state index contributed by atoms with van der Waals surface area (Å²) in [5, 5.41) is 3.22. The number of rotatable bonds is 2. The zero-order chi connectivity index (χ0) is 14.8. The first-order chi connectivity index (χ1) is 10.1. The third kappa shape index (κ3) is 2.89. The summed E-state index contributed by atoms with van der Waals surface area (Å²) in [6.45, 7) is 2.08. The van der Waals surface area contributed by atoms with Gasteiger partial charge in [-0.15, -0.1) is 0 Å². The Bertz CT molecular complexity index is 681. The number of nitrogens with two attached hydrogens (primary N) is 1. The Kier molecular flexibility index (Phi) is 3.60. The van der Waals surface area contributed by atoms with E-state index in [1.807, 2.05) is 18.2 Å². The molecule has 3 N–H and O–H groups in total. The van der Waals surface area contributed by atoms with Gasteiger partial charge in [0.05, 0.1) is 12.1 Å². The van der Waals surface area contributed by atoms with E-state index in [0.717, 1.165) is 12.0 Å². The van der Waals surface area contributed by atoms with Crippen molar-refractivity contribution in [2.75, 3.05) is 0 Å². The number of hydrogen-bond acceptors (Lipinski definition) is 3. The normalized spacial score (nSPS) is 21.5. The van der Waals surface area contributed by atoms with E-state index in [9.17, 15) is 4.39 Å². The fourth-order valence-electron chi connectivity index (χ4n) is 2.83. The summed E-state index contributed by atoms with van der Waals surface area (Å²) in [5.74, 6) is 0.163. The Morgan fingerprint density at radius 2 is 2.00 bits per heavy atom. The van der Waals surface area contributed by atoms with Crippen molar-refractivity contribution < 1.29 is 4.39 Å². The Morgan fingerprint density at radius 1 is 1.19 bits per heavy atom. The van der Waals surface area contributed by atoms with E-state index in [1.165, 1.54) is 23.3 Å². The Labute approximate surface area is 123 Å². The van der Waals surface area contributed by atoms with Gasteiger partial charge < -0.3 is 11.1 Å². The molecule has 1 heterocycles. The zero-order valence-electron chi connectivity index (χ0n) is 11.9. The van der Waals surface area contributed by atoms with Gasteiger partial charge in [-0.25, -0.2) is 9.38 Å². The minimum absolute atomic E-state index is 0.0944. The molecule has 0 saturated carbocycles. The highest BCUT2D eigenvalue weighted by atomic mass is 19.1. The van der Waals surface area contributed by atoms with Gasteiger partial charge in [-0.3, -0.25) is 0 Å². The number of nitrogens with one attached hydrogen (secondary N) is 1. The average Bonchev–Trinajstić information content (AvgIpc) is 2.47. The predicted octanol–water partition coefficient (Wildman–Crippen LogP) is 3.22. The quantitative estimate of drug-likeness (QED) is 0.889. The molecule has 0 aliphatic carbocycles. The van der Waals surface area contributed by atoms with Crippen LogP contribution < -0.4 is 11.1 Å². The number of aliphatic imine (C=N–C) groups is 1. The van der Waals surface area contributed by atoms with Gasteiger partial charge >= 0.3 is 0 Å². The first-order valence-electron chi connectivity index (χ1n) is 7.04. The zero-order valence-corrected chi connectivity index (χ0v) is 11.9. The third-order valence-electron chi connectivity index (χ3n) is 3.87. The number of aryl methyl sites for hydroxylation is 1. The van der Waals surface area contributed by atoms with E-state index >= 15 is 0 Å². The van der Waals surface area contributed by atoms with Crippen LogP contribution in [-0.2, 0) is 0 Å². The molecule has 1 aliphatic heterocycles. The number of benzene rings is 2. The van der Waals surface area contributed by atoms with Gasteiger partial charge in [0, 0.05) is 0 Å². The van der Waals surface area contributed by atoms with Crippen LogP contribution >= 0.6 is 0 Å². The van der Waals surface area contributed by atoms with Crippen molar-refractivity contribution in [1.29, 1.82) is 0 Å². The van der Waals surface area contributed by atoms with Crippen molar-refractivity contribution in [2.45, 2.75) is 25.4 Å². The molecule has 0 radical (unpaired) electrons. The van der Waals surface area contributed by atoms with Crippen LogP contribution in [-0.4, -0.2) is 5.96 Å². The van der Waals surface area contributed by atoms with E-state index < -0.39 is 0 Å². The van der Waals surface area contributed by atoms with Crippen molar-refractivity contribution in [2.24, 2.45) is 10.7 Å². The van der Waals surface area contributed by atoms with Crippen LogP contribution in [0, 0.1) is 12.7 Å². The highest BCUT2D eigenvalue weighted by molar-refractivity contribution is 5.79. The minimum atomic E-state index is -0.243. The number of hydrogen-bond donors (Lipinski definition) is 2. The maximum Gasteiger partial charge on any atom is 0.189 e. The summed E-state index contributed by atoms with van der Waals surface area (Å²) < 4.78 is 13.4. The van der Waals surface area contributed by atoms with Crippen LogP contribution in [0.5, 0.6) is 0 Å². The second kappa shape index (κ2) is 5.56. The molecule has 0 saturated heterocycles. The van der Waals surface area contributed by atoms with E-state index in [1.54, 1.807) is 6.07 Å². The van der Waals surface area contributed by atoms with Crippen molar-refractivity contribution in [3.63, 3.8) is 0 Å². The Balaban J connectivity index is 1.92. The lowest BCUT2D eigenvalue weighted by Crippen LogP contribution is -2.39. The van der Waals surface area contributed by atoms with Crippen molar-refractivity contribution >= 4 is 5.96 Å². The molecule has 0 bridgehead atoms. The Hall–Kier alpha value is -2.36. The number of halogens is 1. The summed E-state index contributed by atoms with van der Waals surface area (Å²) in [6, 6.07) is 14.8. The molecule has 108 valence electrons. The molecule has 2 unspecified atom stereocenters. The van der Waals surface area contributed by atoms with Gasteiger partial charge in [0.2, 0.25) is 0 Å². The molecule has 3 rings (SSSR count). The summed E-state index contributed by atoms with van der Waals surface area (Å²) in [5.41, 5.74) is 9.20. The summed E-state index contributed by atoms with van der Waals surface area (Å²) in [7, 11) is 0. The fraction of sp³-hybridized carbons (Fsp3) is 0.235. The Morgan fingerprint density at radius 3 is 2.76 bits per heavy atom. The molecule has 0 spiro atoms. The van der Waals surface area contributed by atoms with Gasteiger partial charge in [0.1, 0.15) is 5.82 Å². The summed E-state index contributed by atoms with van der Waals surface area (Å²) >= 11 is 0. The number of nitrogens with zero attached hydrogens (tertiary/aromatic N) is 1. The highest BCUT2D eigenvalue weighted by Crippen LogP contribution is 2.33. The second-order valence-electron chi connectivity index (χ2n) is 5.37. The first-order valence-corrected chi connectivity index (χ1v) is 7.04. The molecular formula is C17H18FN3. The van der Waals surface area contributed by atoms with Gasteiger partial charge in [0.15, 0.2) is 5.96 Å².